The number of rotatable bonds is 5. The number of phenolic OH excluding ortho intramolecular Hbond substituents is 1. The summed E-state index contributed by atoms with van der Waals surface area (Å²) < 4.78 is 5.11. The van der Waals surface area contributed by atoms with E-state index in [1.165, 1.54) is 37.4 Å². The first kappa shape index (κ1) is 29.1. The molecule has 3 aromatic rings. The molecule has 2 amide bonds. The van der Waals surface area contributed by atoms with E-state index in [2.05, 4.69) is 5.32 Å². The number of anilines is 1. The molecule has 0 spiro atoms. The van der Waals surface area contributed by atoms with Gasteiger partial charge in [-0.05, 0) is 79.9 Å². The largest absolute Gasteiger partial charge is 0.507 e. The van der Waals surface area contributed by atoms with Crippen molar-refractivity contribution in [3.8, 4) is 16.9 Å². The monoisotopic (exact) mass is 599 g/mol. The Labute approximate surface area is 250 Å². The molecule has 226 valence electrons. The minimum Gasteiger partial charge on any atom is -0.507 e. The molecule has 0 bridgehead atoms. The van der Waals surface area contributed by atoms with Crippen molar-refractivity contribution in [3.05, 3.63) is 71.7 Å². The van der Waals surface area contributed by atoms with Crippen LogP contribution in [0, 0.1) is 23.7 Å². The Bertz CT molecular complexity index is 1740. The van der Waals surface area contributed by atoms with Gasteiger partial charge in [-0.25, -0.2) is 0 Å². The van der Waals surface area contributed by atoms with E-state index in [4.69, 9.17) is 10.2 Å². The van der Waals surface area contributed by atoms with Crippen molar-refractivity contribution in [2.75, 3.05) is 19.4 Å². The van der Waals surface area contributed by atoms with Crippen LogP contribution in [0.3, 0.4) is 0 Å². The zero-order valence-corrected chi connectivity index (χ0v) is 23.8. The predicted octanol–water partition coefficient (Wildman–Crippen LogP) is 1.38. The maximum Gasteiger partial charge on any atom is 0.291 e. The fourth-order valence-corrected chi connectivity index (χ4v) is 7.21. The minimum atomic E-state index is -2.78. The fraction of sp³-hybridized carbons (Fsp3) is 0.312. The van der Waals surface area contributed by atoms with E-state index in [1.807, 2.05) is 0 Å². The Morgan fingerprint density at radius 1 is 1.02 bits per heavy atom. The molecule has 12 heteroatoms. The lowest BCUT2D eigenvalue weighted by Crippen LogP contribution is -2.74. The first-order valence-corrected chi connectivity index (χ1v) is 14.0. The number of phenols is 1. The van der Waals surface area contributed by atoms with Crippen LogP contribution >= 0.6 is 0 Å². The maximum absolute atomic E-state index is 14.0. The van der Waals surface area contributed by atoms with Gasteiger partial charge in [-0.2, -0.15) is 0 Å². The Morgan fingerprint density at radius 3 is 2.34 bits per heavy atom. The third-order valence-electron chi connectivity index (χ3n) is 9.14. The number of hydrogen-bond donors (Lipinski definition) is 4. The number of aromatic hydroxyl groups is 1. The normalized spacial score (nSPS) is 27.9. The Kier molecular flexibility index (Phi) is 6.86. The van der Waals surface area contributed by atoms with Crippen LogP contribution in [-0.4, -0.2) is 75.8 Å². The maximum atomic E-state index is 14.0. The van der Waals surface area contributed by atoms with Crippen molar-refractivity contribution >= 4 is 40.6 Å². The molecule has 3 aliphatic carbocycles. The molecule has 1 heterocycles. The highest BCUT2D eigenvalue weighted by atomic mass is 16.3. The van der Waals surface area contributed by atoms with Gasteiger partial charge in [-0.1, -0.05) is 18.2 Å². The molecular formula is C32H29N3O9. The molecular weight excluding hydrogens is 570 g/mol. The summed E-state index contributed by atoms with van der Waals surface area (Å²) in [5.41, 5.74) is 4.73. The molecule has 1 aromatic heterocycles. The van der Waals surface area contributed by atoms with E-state index in [1.54, 1.807) is 36.4 Å². The van der Waals surface area contributed by atoms with Crippen molar-refractivity contribution in [1.29, 1.82) is 0 Å². The van der Waals surface area contributed by atoms with Crippen LogP contribution in [0.4, 0.5) is 5.69 Å². The topological polar surface area (TPSA) is 197 Å². The number of likely N-dealkylation sites (N-methyl/N-ethyl adjacent to an activating group) is 1. The number of primary amides is 1. The lowest BCUT2D eigenvalue weighted by molar-refractivity contribution is -0.181. The quantitative estimate of drug-likeness (QED) is 0.311. The zero-order valence-electron chi connectivity index (χ0n) is 23.8. The van der Waals surface area contributed by atoms with E-state index in [9.17, 15) is 39.0 Å². The number of furan rings is 1. The number of ketones is 4. The molecule has 2 saturated carbocycles. The smallest absolute Gasteiger partial charge is 0.291 e. The molecule has 6 rings (SSSR count). The number of nitrogens with two attached hydrogens (primary N) is 1. The molecule has 0 saturated heterocycles. The third-order valence-corrected chi connectivity index (χ3v) is 9.14. The van der Waals surface area contributed by atoms with E-state index < -0.39 is 70.3 Å². The van der Waals surface area contributed by atoms with E-state index in [0.717, 1.165) is 0 Å². The summed E-state index contributed by atoms with van der Waals surface area (Å²) in [4.78, 5) is 80.5. The number of carbonyl (C=O) groups excluding carboxylic acids is 6. The van der Waals surface area contributed by atoms with Gasteiger partial charge in [0.15, 0.2) is 40.4 Å². The van der Waals surface area contributed by atoms with Gasteiger partial charge in [0.2, 0.25) is 5.91 Å². The van der Waals surface area contributed by atoms with Gasteiger partial charge in [0.25, 0.3) is 5.91 Å². The second-order valence-electron chi connectivity index (χ2n) is 11.8. The summed E-state index contributed by atoms with van der Waals surface area (Å²) in [7, 11) is 3.07. The van der Waals surface area contributed by atoms with Crippen molar-refractivity contribution in [3.63, 3.8) is 0 Å². The highest BCUT2D eigenvalue weighted by Crippen LogP contribution is 2.51. The summed E-state index contributed by atoms with van der Waals surface area (Å²) in [6.07, 6.45) is 1.48. The van der Waals surface area contributed by atoms with Crippen molar-refractivity contribution in [2.24, 2.45) is 29.4 Å². The molecule has 5 N–H and O–H groups in total. The number of nitrogens with zero attached hydrogens (tertiary/aromatic N) is 1. The molecule has 6 unspecified atom stereocenters. The standard InChI is InChI=1S/C32H29N3O9/c1-35(2)25-19-13-15-12-18-17(14-5-7-16(8-6-14)34-31(42)21-4-3-11-44-21)9-10-20(36)23(18)26(37)22(15)28(39)32(19,43)29(40)24(27(25)38)30(33)41/h3-11,15,19,22,24-25,36,43H,12-13H2,1-2H3,(H2,33,41)(H,34,42). The van der Waals surface area contributed by atoms with Crippen LogP contribution in [0.15, 0.2) is 59.2 Å². The summed E-state index contributed by atoms with van der Waals surface area (Å²) in [6.45, 7) is 0. The molecule has 0 aliphatic heterocycles. The van der Waals surface area contributed by atoms with Gasteiger partial charge in [0.05, 0.1) is 23.8 Å². The molecule has 12 nitrogen and oxygen atoms in total. The number of benzene rings is 2. The Hall–Kier alpha value is -4.94. The fourth-order valence-electron chi connectivity index (χ4n) is 7.21. The Morgan fingerprint density at radius 2 is 1.73 bits per heavy atom. The van der Waals surface area contributed by atoms with Gasteiger partial charge < -0.3 is 25.7 Å². The number of carbonyl (C=O) groups is 6. The molecule has 2 aromatic carbocycles. The van der Waals surface area contributed by atoms with Crippen LogP contribution in [0.5, 0.6) is 5.75 Å². The predicted molar refractivity (Wildman–Crippen MR) is 153 cm³/mol. The minimum absolute atomic E-state index is 0.0449. The number of Topliss-reactive ketones (excluding diaryl/α,β-unsaturated/α-hetero) is 4. The number of nitrogens with one attached hydrogen (secondary N) is 1. The van der Waals surface area contributed by atoms with Gasteiger partial charge in [0.1, 0.15) is 5.75 Å². The molecule has 6 atom stereocenters. The van der Waals surface area contributed by atoms with E-state index in [0.29, 0.717) is 22.4 Å². The average molecular weight is 600 g/mol. The Balaban J connectivity index is 1.38. The highest BCUT2D eigenvalue weighted by molar-refractivity contribution is 6.32. The summed E-state index contributed by atoms with van der Waals surface area (Å²) >= 11 is 0. The second kappa shape index (κ2) is 10.4. The van der Waals surface area contributed by atoms with Crippen LogP contribution in [0.25, 0.3) is 11.1 Å². The number of hydrogen-bond acceptors (Lipinski definition) is 10. The zero-order chi connectivity index (χ0) is 31.7. The molecule has 44 heavy (non-hydrogen) atoms. The van der Waals surface area contributed by atoms with Gasteiger partial charge in [-0.3, -0.25) is 33.7 Å². The van der Waals surface area contributed by atoms with Crippen LogP contribution in [0.2, 0.25) is 0 Å². The van der Waals surface area contributed by atoms with Crippen molar-refractivity contribution in [2.45, 2.75) is 24.5 Å². The van der Waals surface area contributed by atoms with Gasteiger partial charge >= 0.3 is 0 Å². The first-order valence-electron chi connectivity index (χ1n) is 14.0. The van der Waals surface area contributed by atoms with Crippen molar-refractivity contribution < 1.29 is 43.4 Å². The molecule has 2 fully saturated rings. The van der Waals surface area contributed by atoms with Crippen LogP contribution < -0.4 is 11.1 Å². The number of amides is 2. The van der Waals surface area contributed by atoms with Crippen LogP contribution in [-0.2, 0) is 25.6 Å². The van der Waals surface area contributed by atoms with Crippen LogP contribution in [0.1, 0.15) is 32.9 Å². The number of fused-ring (bicyclic) bond motifs is 3. The lowest BCUT2D eigenvalue weighted by Gasteiger charge is -2.52. The second-order valence-corrected chi connectivity index (χ2v) is 11.8. The lowest BCUT2D eigenvalue weighted by atomic mass is 9.52. The number of aliphatic hydroxyl groups is 1. The van der Waals surface area contributed by atoms with Crippen molar-refractivity contribution in [1.82, 2.24) is 4.90 Å². The summed E-state index contributed by atoms with van der Waals surface area (Å²) in [5.74, 6) is -11.3. The first-order chi connectivity index (χ1) is 20.9. The molecule has 3 aliphatic rings. The highest BCUT2D eigenvalue weighted by Gasteiger charge is 2.69. The SMILES string of the molecule is CN(C)C1C(=O)C(C(N)=O)C(=O)C2(O)C(=O)C3C(=O)c4c(O)ccc(-c5ccc(NC(=O)c6ccco6)cc5)c4CC3CC12. The van der Waals surface area contributed by atoms with Gasteiger partial charge in [0, 0.05) is 11.6 Å². The average Bonchev–Trinajstić information content (AvgIpc) is 3.51. The van der Waals surface area contributed by atoms with Gasteiger partial charge in [-0.15, -0.1) is 0 Å². The van der Waals surface area contributed by atoms with E-state index in [-0.39, 0.29) is 29.9 Å². The summed E-state index contributed by atoms with van der Waals surface area (Å²) in [6, 6.07) is 11.7. The molecule has 0 radical (unpaired) electrons. The third kappa shape index (κ3) is 4.20. The summed E-state index contributed by atoms with van der Waals surface area (Å²) in [5, 5.41) is 25.2. The van der Waals surface area contributed by atoms with E-state index >= 15 is 0 Å².